The molecule has 16 nitrogen and oxygen atoms in total. The van der Waals surface area contributed by atoms with E-state index in [0.29, 0.717) is 49.9 Å². The van der Waals surface area contributed by atoms with Crippen molar-refractivity contribution in [2.75, 3.05) is 73.4 Å². The first-order chi connectivity index (χ1) is 25.4. The van der Waals surface area contributed by atoms with Crippen LogP contribution in [0.5, 0.6) is 0 Å². The highest BCUT2D eigenvalue weighted by Crippen LogP contribution is 2.25. The van der Waals surface area contributed by atoms with Gasteiger partial charge < -0.3 is 47.0 Å². The Morgan fingerprint density at radius 3 is 2.28 bits per heavy atom. The summed E-state index contributed by atoms with van der Waals surface area (Å²) in [5, 5.41) is 25.6. The van der Waals surface area contributed by atoms with Crippen molar-refractivity contribution in [1.29, 1.82) is 0 Å². The maximum atomic E-state index is 12.9. The number of nitrogens with one attached hydrogen (secondary N) is 1. The molecule has 0 saturated carbocycles. The van der Waals surface area contributed by atoms with Gasteiger partial charge in [-0.1, -0.05) is 43.1 Å². The number of benzene rings is 1. The molecule has 9 N–H and O–H groups in total. The van der Waals surface area contributed by atoms with E-state index in [1.165, 1.54) is 40.2 Å². The van der Waals surface area contributed by atoms with Gasteiger partial charge in [0.1, 0.15) is 17.6 Å². The Balaban J connectivity index is 1.26. The normalized spacial score (nSPS) is 14.5. The van der Waals surface area contributed by atoms with Crippen LogP contribution >= 0.6 is 23.5 Å². The fourth-order valence-corrected chi connectivity index (χ4v) is 7.65. The summed E-state index contributed by atoms with van der Waals surface area (Å²) in [7, 11) is 0. The number of nitrogens with zero attached hydrogens (tertiary/aromatic N) is 6. The molecule has 0 spiro atoms. The maximum absolute atomic E-state index is 12.9. The van der Waals surface area contributed by atoms with Crippen LogP contribution in [0.15, 0.2) is 35.6 Å². The highest BCUT2D eigenvalue weighted by Gasteiger charge is 2.22. The Morgan fingerprint density at radius 1 is 0.981 bits per heavy atom. The standard InChI is InChI=1S/C35H52N10O6S2/c1-3-4-5-9-39-32-31-29(40-35(38)41-32)8-10-45(31)17-25-7-6-24(15-23(25)2)16-43-11-13-44(14-12-43)30(46)18-51-42-26(19-52-21-27(36)33(47)48)20-53-22-28(37)34(49)50/h6-8,10,15,27-28H,3-5,9,11-14,16-22,36-37H2,1-2H3,(H,47,48)(H,49,50)(H3,38,39,40,41)/t27-,28-/m0/s1. The third-order valence-electron chi connectivity index (χ3n) is 8.73. The molecule has 0 bridgehead atoms. The lowest BCUT2D eigenvalue weighted by atomic mass is 10.0. The number of hydrogen-bond acceptors (Lipinski definition) is 14. The minimum absolute atomic E-state index is 0.163. The number of fused-ring (bicyclic) bond motifs is 1. The van der Waals surface area contributed by atoms with Gasteiger partial charge in [0.05, 0.1) is 11.2 Å². The number of carbonyl (C=O) groups is 3. The molecule has 53 heavy (non-hydrogen) atoms. The average molecular weight is 773 g/mol. The van der Waals surface area contributed by atoms with Gasteiger partial charge in [0.15, 0.2) is 12.4 Å². The molecule has 0 aliphatic carbocycles. The molecule has 1 aromatic carbocycles. The summed E-state index contributed by atoms with van der Waals surface area (Å²) in [6.07, 6.45) is 5.38. The number of nitrogen functional groups attached to an aromatic ring is 1. The predicted octanol–water partition coefficient (Wildman–Crippen LogP) is 2.28. The zero-order chi connectivity index (χ0) is 38.3. The van der Waals surface area contributed by atoms with Gasteiger partial charge in [-0.2, -0.15) is 28.5 Å². The van der Waals surface area contributed by atoms with Crippen LogP contribution in [-0.2, 0) is 32.3 Å². The highest BCUT2D eigenvalue weighted by molar-refractivity contribution is 8.01. The van der Waals surface area contributed by atoms with E-state index in [1.807, 2.05) is 12.3 Å². The Bertz CT molecular complexity index is 1690. The molecule has 3 aromatic rings. The summed E-state index contributed by atoms with van der Waals surface area (Å²) in [6, 6.07) is 6.48. The Hall–Kier alpha value is -4.10. The van der Waals surface area contributed by atoms with Gasteiger partial charge in [0, 0.05) is 75.0 Å². The molecular formula is C35H52N10O6S2. The zero-order valence-electron chi connectivity index (χ0n) is 30.4. The van der Waals surface area contributed by atoms with Crippen molar-refractivity contribution in [3.05, 3.63) is 47.2 Å². The number of oxime groups is 1. The first-order valence-electron chi connectivity index (χ1n) is 17.7. The van der Waals surface area contributed by atoms with E-state index < -0.39 is 24.0 Å². The molecule has 18 heteroatoms. The van der Waals surface area contributed by atoms with E-state index in [1.54, 1.807) is 4.90 Å². The molecule has 0 radical (unpaired) electrons. The van der Waals surface area contributed by atoms with Crippen LogP contribution in [0.4, 0.5) is 11.8 Å². The van der Waals surface area contributed by atoms with Crippen LogP contribution in [0.3, 0.4) is 0 Å². The van der Waals surface area contributed by atoms with Crippen LogP contribution < -0.4 is 22.5 Å². The molecule has 4 rings (SSSR count). The molecular weight excluding hydrogens is 721 g/mol. The molecule has 1 saturated heterocycles. The lowest BCUT2D eigenvalue weighted by Gasteiger charge is -2.34. The largest absolute Gasteiger partial charge is 0.480 e. The first kappa shape index (κ1) is 41.7. The fraction of sp³-hybridized carbons (Fsp3) is 0.543. The Morgan fingerprint density at radius 2 is 1.66 bits per heavy atom. The van der Waals surface area contributed by atoms with Crippen LogP contribution in [0, 0.1) is 6.92 Å². The Labute approximate surface area is 318 Å². The summed E-state index contributed by atoms with van der Waals surface area (Å²) >= 11 is 2.53. The predicted molar refractivity (Wildman–Crippen MR) is 211 cm³/mol. The quantitative estimate of drug-likeness (QED) is 0.0488. The van der Waals surface area contributed by atoms with E-state index >= 15 is 0 Å². The number of nitrogens with two attached hydrogens (primary N) is 3. The SMILES string of the molecule is CCCCCNc1nc(N)nc2ccn(Cc3ccc(CN4CCN(C(=O)CON=C(CSC[C@H](N)C(=O)O)CSC[C@H](N)C(=O)O)CC4)cc3C)c12. The number of unbranched alkanes of at least 4 members (excludes halogenated alkanes) is 2. The molecule has 2 atom stereocenters. The Kier molecular flexibility index (Phi) is 16.5. The number of thioether (sulfide) groups is 2. The molecule has 3 heterocycles. The molecule has 1 aliphatic heterocycles. The lowest BCUT2D eigenvalue weighted by molar-refractivity contribution is -0.138. The number of hydrogen-bond donors (Lipinski definition) is 6. The van der Waals surface area contributed by atoms with E-state index in [9.17, 15) is 14.4 Å². The number of amides is 1. The number of carbonyl (C=O) groups excluding carboxylic acids is 1. The number of carboxylic acid groups (broad SMARTS) is 2. The summed E-state index contributed by atoms with van der Waals surface area (Å²) in [5.41, 5.74) is 23.1. The minimum Gasteiger partial charge on any atom is -0.480 e. The van der Waals surface area contributed by atoms with Crippen molar-refractivity contribution in [3.8, 4) is 0 Å². The third kappa shape index (κ3) is 13.1. The average Bonchev–Trinajstić information content (AvgIpc) is 3.53. The third-order valence-corrected chi connectivity index (χ3v) is 11.0. The molecule has 1 amide bonds. The topological polar surface area (TPSA) is 241 Å². The van der Waals surface area contributed by atoms with Crippen LogP contribution in [0.2, 0.25) is 0 Å². The van der Waals surface area contributed by atoms with E-state index in [0.717, 1.165) is 49.2 Å². The highest BCUT2D eigenvalue weighted by atomic mass is 32.2. The summed E-state index contributed by atoms with van der Waals surface area (Å²) in [4.78, 5) is 53.4. The van der Waals surface area contributed by atoms with E-state index in [-0.39, 0.29) is 30.0 Å². The molecule has 2 aromatic heterocycles. The second-order valence-corrected chi connectivity index (χ2v) is 15.1. The van der Waals surface area contributed by atoms with Gasteiger partial charge in [-0.15, -0.1) is 0 Å². The molecule has 1 fully saturated rings. The number of aliphatic carboxylic acids is 2. The fourth-order valence-electron chi connectivity index (χ4n) is 5.71. The minimum atomic E-state index is -1.10. The number of aromatic nitrogens is 3. The van der Waals surface area contributed by atoms with Gasteiger partial charge >= 0.3 is 11.9 Å². The van der Waals surface area contributed by atoms with Gasteiger partial charge in [-0.3, -0.25) is 19.3 Å². The van der Waals surface area contributed by atoms with Gasteiger partial charge in [-0.05, 0) is 36.1 Å². The number of anilines is 2. The van der Waals surface area contributed by atoms with Gasteiger partial charge in [0.25, 0.3) is 5.91 Å². The summed E-state index contributed by atoms with van der Waals surface area (Å²) in [5.74, 6) is -0.419. The van der Waals surface area contributed by atoms with Gasteiger partial charge in [0.2, 0.25) is 5.95 Å². The molecule has 1 aliphatic rings. The zero-order valence-corrected chi connectivity index (χ0v) is 32.0. The number of aryl methyl sites for hydroxylation is 1. The van der Waals surface area contributed by atoms with Crippen LogP contribution in [-0.4, -0.2) is 133 Å². The van der Waals surface area contributed by atoms with Crippen molar-refractivity contribution >= 4 is 69.9 Å². The van der Waals surface area contributed by atoms with Crippen molar-refractivity contribution in [3.63, 3.8) is 0 Å². The van der Waals surface area contributed by atoms with Crippen molar-refractivity contribution in [2.24, 2.45) is 16.6 Å². The van der Waals surface area contributed by atoms with Crippen molar-refractivity contribution in [2.45, 2.75) is 58.3 Å². The smallest absolute Gasteiger partial charge is 0.321 e. The lowest BCUT2D eigenvalue weighted by Crippen LogP contribution is -2.49. The summed E-state index contributed by atoms with van der Waals surface area (Å²) in [6.45, 7) is 8.89. The molecule has 290 valence electrons. The number of piperazine rings is 1. The number of carboxylic acids is 2. The van der Waals surface area contributed by atoms with Crippen molar-refractivity contribution in [1.82, 2.24) is 24.3 Å². The van der Waals surface area contributed by atoms with Crippen LogP contribution in [0.1, 0.15) is 42.9 Å². The monoisotopic (exact) mass is 772 g/mol. The second kappa shape index (κ2) is 21.0. The molecule has 0 unspecified atom stereocenters. The first-order valence-corrected chi connectivity index (χ1v) is 20.0. The maximum Gasteiger partial charge on any atom is 0.321 e. The second-order valence-electron chi connectivity index (χ2n) is 13.0. The van der Waals surface area contributed by atoms with Crippen LogP contribution in [0.25, 0.3) is 11.0 Å². The van der Waals surface area contributed by atoms with E-state index in [2.05, 4.69) is 62.0 Å². The summed E-state index contributed by atoms with van der Waals surface area (Å²) < 4.78 is 2.17. The van der Waals surface area contributed by atoms with Crippen molar-refractivity contribution < 1.29 is 29.4 Å². The number of rotatable bonds is 22. The van der Waals surface area contributed by atoms with Gasteiger partial charge in [-0.25, -0.2) is 4.98 Å². The van der Waals surface area contributed by atoms with E-state index in [4.69, 9.17) is 32.3 Å².